The number of aliphatic hydroxyl groups excluding tert-OH is 1. The maximum absolute atomic E-state index is 12.7. The molecule has 0 aromatic heterocycles. The number of piperidine rings is 1. The number of thioether (sulfide) groups is 1. The van der Waals surface area contributed by atoms with Gasteiger partial charge in [0, 0.05) is 32.2 Å². The van der Waals surface area contributed by atoms with E-state index in [1.54, 1.807) is 6.08 Å². The van der Waals surface area contributed by atoms with Crippen LogP contribution in [-0.2, 0) is 9.59 Å². The van der Waals surface area contributed by atoms with E-state index in [4.69, 9.17) is 0 Å². The highest BCUT2D eigenvalue weighted by Crippen LogP contribution is 2.32. The summed E-state index contributed by atoms with van der Waals surface area (Å²) in [6, 6.07) is 8.01. The minimum Gasteiger partial charge on any atom is -0.396 e. The molecule has 3 amide bonds. The molecule has 1 unspecified atom stereocenters. The molecule has 3 rings (SSSR count). The molecular formula is C23H30N2O4S. The van der Waals surface area contributed by atoms with Crippen molar-refractivity contribution in [3.8, 4) is 0 Å². The lowest BCUT2D eigenvalue weighted by Crippen LogP contribution is -2.45. The Labute approximate surface area is 182 Å². The molecule has 0 radical (unpaired) electrons. The maximum Gasteiger partial charge on any atom is 0.293 e. The average Bonchev–Trinajstić information content (AvgIpc) is 3.00. The molecule has 30 heavy (non-hydrogen) atoms. The van der Waals surface area contributed by atoms with Gasteiger partial charge in [-0.3, -0.25) is 19.3 Å². The van der Waals surface area contributed by atoms with Gasteiger partial charge in [0.2, 0.25) is 5.91 Å². The van der Waals surface area contributed by atoms with Crippen LogP contribution in [0.3, 0.4) is 0 Å². The largest absolute Gasteiger partial charge is 0.396 e. The van der Waals surface area contributed by atoms with Crippen LogP contribution in [0.5, 0.6) is 0 Å². The van der Waals surface area contributed by atoms with Gasteiger partial charge in [0.05, 0.1) is 4.91 Å². The van der Waals surface area contributed by atoms with Crippen LogP contribution in [0.1, 0.15) is 63.0 Å². The predicted octanol–water partition coefficient (Wildman–Crippen LogP) is 4.00. The zero-order chi connectivity index (χ0) is 21.7. The second-order valence-corrected chi connectivity index (χ2v) is 9.15. The molecule has 1 atom stereocenters. The summed E-state index contributed by atoms with van der Waals surface area (Å²) in [6.45, 7) is 5.07. The van der Waals surface area contributed by atoms with Crippen LogP contribution in [0.15, 0.2) is 29.2 Å². The molecule has 6 nitrogen and oxygen atoms in total. The fourth-order valence-electron chi connectivity index (χ4n) is 3.95. The van der Waals surface area contributed by atoms with Crippen molar-refractivity contribution < 1.29 is 19.5 Å². The first-order valence-corrected chi connectivity index (χ1v) is 11.5. The molecule has 0 spiro atoms. The van der Waals surface area contributed by atoms with E-state index in [9.17, 15) is 19.5 Å². The van der Waals surface area contributed by atoms with Crippen LogP contribution in [0.25, 0.3) is 6.08 Å². The fraction of sp³-hybridized carbons (Fsp3) is 0.522. The molecule has 1 aromatic rings. The van der Waals surface area contributed by atoms with Crippen LogP contribution in [0, 0.1) is 0 Å². The monoisotopic (exact) mass is 430 g/mol. The summed E-state index contributed by atoms with van der Waals surface area (Å²) in [4.78, 5) is 41.1. The highest BCUT2D eigenvalue weighted by molar-refractivity contribution is 8.18. The van der Waals surface area contributed by atoms with Gasteiger partial charge in [0.15, 0.2) is 0 Å². The Morgan fingerprint density at radius 3 is 2.63 bits per heavy atom. The molecule has 7 heteroatoms. The van der Waals surface area contributed by atoms with Gasteiger partial charge in [-0.25, -0.2) is 0 Å². The Bertz CT molecular complexity index is 817. The van der Waals surface area contributed by atoms with E-state index in [1.807, 2.05) is 29.2 Å². The molecule has 2 fully saturated rings. The first-order chi connectivity index (χ1) is 14.4. The van der Waals surface area contributed by atoms with E-state index >= 15 is 0 Å². The summed E-state index contributed by atoms with van der Waals surface area (Å²) in [5.41, 5.74) is 2.09. The van der Waals surface area contributed by atoms with E-state index in [0.717, 1.165) is 36.6 Å². The van der Waals surface area contributed by atoms with Gasteiger partial charge in [-0.05, 0) is 60.6 Å². The quantitative estimate of drug-likeness (QED) is 0.662. The number of carbonyl (C=O) groups excluding carboxylic acids is 3. The van der Waals surface area contributed by atoms with Crippen molar-refractivity contribution in [2.75, 3.05) is 19.7 Å². The fourth-order valence-corrected chi connectivity index (χ4v) is 4.82. The predicted molar refractivity (Wildman–Crippen MR) is 119 cm³/mol. The third kappa shape index (κ3) is 5.32. The highest BCUT2D eigenvalue weighted by atomic mass is 32.2. The number of nitrogens with zero attached hydrogens (tertiary/aromatic N) is 2. The lowest BCUT2D eigenvalue weighted by molar-refractivity contribution is -0.135. The Morgan fingerprint density at radius 1 is 1.23 bits per heavy atom. The number of hydrogen-bond acceptors (Lipinski definition) is 5. The third-order valence-corrected chi connectivity index (χ3v) is 6.64. The number of benzene rings is 1. The van der Waals surface area contributed by atoms with Crippen LogP contribution in [-0.4, -0.2) is 57.7 Å². The summed E-state index contributed by atoms with van der Waals surface area (Å²) in [7, 11) is 0. The number of rotatable bonds is 7. The zero-order valence-electron chi connectivity index (χ0n) is 17.7. The Balaban J connectivity index is 1.61. The topological polar surface area (TPSA) is 77.9 Å². The van der Waals surface area contributed by atoms with Crippen LogP contribution < -0.4 is 0 Å². The molecule has 1 N–H and O–H groups in total. The van der Waals surface area contributed by atoms with E-state index in [1.165, 1.54) is 10.5 Å². The first-order valence-electron chi connectivity index (χ1n) is 10.7. The smallest absolute Gasteiger partial charge is 0.293 e. The number of likely N-dealkylation sites (tertiary alicyclic amines) is 1. The standard InChI is InChI=1S/C23H30N2O4S/c1-16(2)18-8-6-17(7-9-18)15-20-22(28)25(23(29)30-20)13-10-21(27)24-12-4-3-5-19(24)11-14-26/h6-9,15-16,19,26H,3-5,10-14H2,1-2H3. The third-order valence-electron chi connectivity index (χ3n) is 5.73. The Kier molecular flexibility index (Phi) is 7.72. The molecule has 0 saturated carbocycles. The van der Waals surface area contributed by atoms with E-state index in [-0.39, 0.29) is 42.7 Å². The van der Waals surface area contributed by atoms with Crippen LogP contribution >= 0.6 is 11.8 Å². The normalized spacial score (nSPS) is 21.2. The Hall–Kier alpha value is -2.12. The minimum atomic E-state index is -0.337. The van der Waals surface area contributed by atoms with Gasteiger partial charge in [-0.1, -0.05) is 38.1 Å². The van der Waals surface area contributed by atoms with Crippen molar-refractivity contribution in [3.05, 3.63) is 40.3 Å². The van der Waals surface area contributed by atoms with Gasteiger partial charge in [0.1, 0.15) is 0 Å². The second kappa shape index (κ2) is 10.3. The lowest BCUT2D eigenvalue weighted by atomic mass is 9.99. The van der Waals surface area contributed by atoms with Crippen molar-refractivity contribution in [3.63, 3.8) is 0 Å². The lowest BCUT2D eigenvalue weighted by Gasteiger charge is -2.36. The summed E-state index contributed by atoms with van der Waals surface area (Å²) in [5.74, 6) is 0.0393. The van der Waals surface area contributed by atoms with Crippen LogP contribution in [0.2, 0.25) is 0 Å². The number of hydrogen-bond donors (Lipinski definition) is 1. The molecule has 162 valence electrons. The van der Waals surface area contributed by atoms with Gasteiger partial charge in [0.25, 0.3) is 11.1 Å². The molecule has 2 heterocycles. The molecule has 2 aliphatic rings. The summed E-state index contributed by atoms with van der Waals surface area (Å²) in [5, 5.41) is 8.91. The zero-order valence-corrected chi connectivity index (χ0v) is 18.5. The van der Waals surface area contributed by atoms with Gasteiger partial charge < -0.3 is 10.0 Å². The summed E-state index contributed by atoms with van der Waals surface area (Å²) in [6.07, 6.45) is 5.33. The SMILES string of the molecule is CC(C)c1ccc(C=C2SC(=O)N(CCC(=O)N3CCCCC3CCO)C2=O)cc1. The van der Waals surface area contributed by atoms with Crippen LogP contribution in [0.4, 0.5) is 4.79 Å². The number of carbonyl (C=O) groups is 3. The van der Waals surface area contributed by atoms with Crippen molar-refractivity contribution >= 4 is 34.9 Å². The van der Waals surface area contributed by atoms with Crippen molar-refractivity contribution in [2.45, 2.75) is 57.9 Å². The Morgan fingerprint density at radius 2 is 1.97 bits per heavy atom. The van der Waals surface area contributed by atoms with Gasteiger partial charge in [-0.15, -0.1) is 0 Å². The van der Waals surface area contributed by atoms with Crippen molar-refractivity contribution in [1.82, 2.24) is 9.80 Å². The molecule has 0 aliphatic carbocycles. The summed E-state index contributed by atoms with van der Waals surface area (Å²) < 4.78 is 0. The number of imide groups is 1. The molecule has 1 aromatic carbocycles. The molecular weight excluding hydrogens is 400 g/mol. The van der Waals surface area contributed by atoms with E-state index in [0.29, 0.717) is 23.8 Å². The van der Waals surface area contributed by atoms with Crippen molar-refractivity contribution in [2.24, 2.45) is 0 Å². The minimum absolute atomic E-state index is 0.0551. The number of aliphatic hydroxyl groups is 1. The maximum atomic E-state index is 12.7. The number of amides is 3. The molecule has 0 bridgehead atoms. The second-order valence-electron chi connectivity index (χ2n) is 8.15. The first kappa shape index (κ1) is 22.6. The summed E-state index contributed by atoms with van der Waals surface area (Å²) >= 11 is 0.924. The van der Waals surface area contributed by atoms with E-state index in [2.05, 4.69) is 13.8 Å². The molecule has 2 aliphatic heterocycles. The van der Waals surface area contributed by atoms with Gasteiger partial charge >= 0.3 is 0 Å². The average molecular weight is 431 g/mol. The van der Waals surface area contributed by atoms with Crippen molar-refractivity contribution in [1.29, 1.82) is 0 Å². The van der Waals surface area contributed by atoms with Gasteiger partial charge in [-0.2, -0.15) is 0 Å². The molecule has 2 saturated heterocycles. The van der Waals surface area contributed by atoms with E-state index < -0.39 is 0 Å². The highest BCUT2D eigenvalue weighted by Gasteiger charge is 2.36.